The molecule has 0 aromatic heterocycles. The zero-order valence-corrected chi connectivity index (χ0v) is 33.1. The predicted molar refractivity (Wildman–Crippen MR) is 204 cm³/mol. The number of carbonyl (C=O) groups is 3. The molecule has 0 aliphatic rings. The molecule has 0 bridgehead atoms. The Labute approximate surface area is 307 Å². The number of carboxylic acid groups (broad SMARTS) is 1. The largest absolute Gasteiger partial charge is 0.544 e. The highest BCUT2D eigenvalue weighted by Gasteiger charge is 2.25. The van der Waals surface area contributed by atoms with Gasteiger partial charge in [-0.15, -0.1) is 0 Å². The van der Waals surface area contributed by atoms with Gasteiger partial charge in [-0.3, -0.25) is 9.59 Å². The van der Waals surface area contributed by atoms with E-state index in [1.165, 1.54) is 89.9 Å². The number of unbranched alkanes of at least 4 members (excludes halogenated alkanes) is 19. The van der Waals surface area contributed by atoms with Crippen molar-refractivity contribution in [1.82, 2.24) is 0 Å². The summed E-state index contributed by atoms with van der Waals surface area (Å²) in [5.74, 6) is -1.77. The molecule has 0 N–H and O–H groups in total. The fourth-order valence-electron chi connectivity index (χ4n) is 5.87. The highest BCUT2D eigenvalue weighted by atomic mass is 16.6. The van der Waals surface area contributed by atoms with E-state index in [-0.39, 0.29) is 42.7 Å². The third kappa shape index (κ3) is 31.8. The van der Waals surface area contributed by atoms with E-state index in [2.05, 4.69) is 38.2 Å². The van der Waals surface area contributed by atoms with Crippen LogP contribution < -0.4 is 5.11 Å². The van der Waals surface area contributed by atoms with Crippen molar-refractivity contribution in [2.75, 3.05) is 41.0 Å². The third-order valence-corrected chi connectivity index (χ3v) is 9.12. The second-order valence-electron chi connectivity index (χ2n) is 14.9. The Morgan fingerprint density at radius 3 is 1.56 bits per heavy atom. The first-order valence-corrected chi connectivity index (χ1v) is 20.4. The van der Waals surface area contributed by atoms with Crippen molar-refractivity contribution in [2.24, 2.45) is 0 Å². The maximum Gasteiger partial charge on any atom is 0.306 e. The summed E-state index contributed by atoms with van der Waals surface area (Å²) < 4.78 is 17.1. The fraction of sp³-hybridized carbons (Fsp3) is 0.833. The number of esters is 2. The Bertz CT molecular complexity index is 880. The van der Waals surface area contributed by atoms with E-state index >= 15 is 0 Å². The van der Waals surface area contributed by atoms with Gasteiger partial charge in [0.2, 0.25) is 0 Å². The van der Waals surface area contributed by atoms with Crippen molar-refractivity contribution in [1.29, 1.82) is 0 Å². The molecule has 0 saturated heterocycles. The Balaban J connectivity index is 4.39. The van der Waals surface area contributed by atoms with Gasteiger partial charge in [-0.25, -0.2) is 0 Å². The summed E-state index contributed by atoms with van der Waals surface area (Å²) in [5, 5.41) is 11.6. The van der Waals surface area contributed by atoms with Gasteiger partial charge in [-0.2, -0.15) is 0 Å². The molecule has 292 valence electrons. The molecule has 0 fully saturated rings. The lowest BCUT2D eigenvalue weighted by Gasteiger charge is -2.34. The summed E-state index contributed by atoms with van der Waals surface area (Å²) in [6.45, 7) is 4.58. The number of quaternary nitrogens is 1. The van der Waals surface area contributed by atoms with E-state index in [1.807, 2.05) is 0 Å². The van der Waals surface area contributed by atoms with Crippen molar-refractivity contribution >= 4 is 17.9 Å². The van der Waals surface area contributed by atoms with Gasteiger partial charge in [0.1, 0.15) is 12.6 Å². The Morgan fingerprint density at radius 1 is 0.600 bits per heavy atom. The molecule has 0 amide bonds. The van der Waals surface area contributed by atoms with Crippen LogP contribution in [0, 0.1) is 0 Å². The first-order valence-electron chi connectivity index (χ1n) is 20.4. The van der Waals surface area contributed by atoms with Crippen LogP contribution in [0.3, 0.4) is 0 Å². The van der Waals surface area contributed by atoms with Crippen molar-refractivity contribution in [3.63, 3.8) is 0 Å². The number of ether oxygens (including phenoxy) is 3. The van der Waals surface area contributed by atoms with Gasteiger partial charge in [-0.1, -0.05) is 147 Å². The molecule has 8 nitrogen and oxygen atoms in total. The van der Waals surface area contributed by atoms with E-state index in [1.54, 1.807) is 21.1 Å². The van der Waals surface area contributed by atoms with Crippen molar-refractivity contribution in [3.8, 4) is 0 Å². The van der Waals surface area contributed by atoms with Crippen LogP contribution >= 0.6 is 0 Å². The number of carboxylic acids is 1. The first-order chi connectivity index (χ1) is 24.1. The maximum atomic E-state index is 12.7. The van der Waals surface area contributed by atoms with Crippen LogP contribution in [0.5, 0.6) is 0 Å². The van der Waals surface area contributed by atoms with E-state index in [0.717, 1.165) is 51.4 Å². The summed E-state index contributed by atoms with van der Waals surface area (Å²) >= 11 is 0. The minimum atomic E-state index is -1.13. The average Bonchev–Trinajstić information content (AvgIpc) is 3.06. The van der Waals surface area contributed by atoms with Crippen LogP contribution in [0.2, 0.25) is 0 Å². The third-order valence-electron chi connectivity index (χ3n) is 9.12. The number of allylic oxidation sites excluding steroid dienone is 4. The number of aliphatic carboxylic acids is 1. The van der Waals surface area contributed by atoms with Crippen LogP contribution in [0.4, 0.5) is 0 Å². The molecular weight excluding hydrogens is 630 g/mol. The van der Waals surface area contributed by atoms with Crippen LogP contribution in [0.15, 0.2) is 24.3 Å². The molecule has 50 heavy (non-hydrogen) atoms. The second-order valence-corrected chi connectivity index (χ2v) is 14.9. The molecule has 0 spiro atoms. The fourth-order valence-corrected chi connectivity index (χ4v) is 5.87. The highest BCUT2D eigenvalue weighted by Crippen LogP contribution is 2.15. The quantitative estimate of drug-likeness (QED) is 0.0277. The topological polar surface area (TPSA) is 102 Å². The lowest BCUT2D eigenvalue weighted by Crippen LogP contribution is -2.55. The molecule has 0 aliphatic carbocycles. The smallest absolute Gasteiger partial charge is 0.306 e. The van der Waals surface area contributed by atoms with E-state index in [9.17, 15) is 19.5 Å². The Kier molecular flexibility index (Phi) is 32.4. The van der Waals surface area contributed by atoms with Gasteiger partial charge in [0, 0.05) is 19.3 Å². The van der Waals surface area contributed by atoms with E-state index < -0.39 is 18.1 Å². The van der Waals surface area contributed by atoms with Gasteiger partial charge in [0.25, 0.3) is 0 Å². The molecule has 0 aromatic carbocycles. The molecule has 0 saturated carbocycles. The summed E-state index contributed by atoms with van der Waals surface area (Å²) in [7, 11) is 5.39. The minimum Gasteiger partial charge on any atom is -0.544 e. The summed E-state index contributed by atoms with van der Waals surface area (Å²) in [5.41, 5.74) is 0. The Morgan fingerprint density at radius 2 is 1.06 bits per heavy atom. The molecule has 2 atom stereocenters. The van der Waals surface area contributed by atoms with Crippen LogP contribution in [-0.4, -0.2) is 75.5 Å². The molecular formula is C42H77NO7. The van der Waals surface area contributed by atoms with Crippen molar-refractivity contribution in [2.45, 2.75) is 187 Å². The molecule has 0 heterocycles. The van der Waals surface area contributed by atoms with Crippen LogP contribution in [0.25, 0.3) is 0 Å². The maximum absolute atomic E-state index is 12.7. The summed E-state index contributed by atoms with van der Waals surface area (Å²) in [6.07, 6.45) is 34.9. The zero-order valence-electron chi connectivity index (χ0n) is 33.1. The van der Waals surface area contributed by atoms with Gasteiger partial charge in [0.05, 0.1) is 40.3 Å². The predicted octanol–water partition coefficient (Wildman–Crippen LogP) is 9.19. The van der Waals surface area contributed by atoms with E-state index in [4.69, 9.17) is 14.2 Å². The van der Waals surface area contributed by atoms with Gasteiger partial charge in [-0.05, 0) is 32.1 Å². The number of likely N-dealkylation sites (N-methyl/N-ethyl adjacent to an activating group) is 1. The lowest BCUT2D eigenvalue weighted by atomic mass is 10.0. The number of nitrogens with zero attached hydrogens (tertiary/aromatic N) is 1. The second kappa shape index (κ2) is 33.9. The molecule has 2 unspecified atom stereocenters. The molecule has 0 radical (unpaired) electrons. The Hall–Kier alpha value is -2.19. The summed E-state index contributed by atoms with van der Waals surface area (Å²) in [4.78, 5) is 36.7. The average molecular weight is 708 g/mol. The first kappa shape index (κ1) is 47.8. The highest BCUT2D eigenvalue weighted by molar-refractivity contribution is 5.70. The van der Waals surface area contributed by atoms with Crippen LogP contribution in [0.1, 0.15) is 174 Å². The number of carbonyl (C=O) groups excluding carboxylic acids is 3. The zero-order chi connectivity index (χ0) is 37.1. The van der Waals surface area contributed by atoms with Crippen molar-refractivity contribution in [3.05, 3.63) is 24.3 Å². The van der Waals surface area contributed by atoms with Crippen LogP contribution in [-0.2, 0) is 28.6 Å². The minimum absolute atomic E-state index is 0.0357. The summed E-state index contributed by atoms with van der Waals surface area (Å²) in [6, 6.07) is -0.725. The molecule has 8 heteroatoms. The van der Waals surface area contributed by atoms with E-state index in [0.29, 0.717) is 12.8 Å². The normalized spacial score (nSPS) is 13.2. The number of hydrogen-bond donors (Lipinski definition) is 0. The number of rotatable bonds is 36. The standard InChI is InChI=1S/C42H77NO7/c1-6-8-10-12-14-16-18-19-20-21-23-25-27-29-31-33-41(45)50-38(36-48-35-34-39(42(46)47)43(3,4)5)37-49-40(44)32-30-28-26-24-22-17-15-13-11-9-7-2/h13,15,17,22,38-39H,6-12,14,16,18-21,23-37H2,1-5H3/b15-13+,22-17+. The van der Waals surface area contributed by atoms with Crippen molar-refractivity contribution < 1.29 is 38.2 Å². The van der Waals surface area contributed by atoms with Gasteiger partial charge < -0.3 is 28.6 Å². The SMILES string of the molecule is CCCC/C=C/C=C/CCCCCC(=O)OCC(COCCC(C(=O)[O-])[N+](C)(C)C)OC(=O)CCCCCCCCCCCCCCCCC. The number of hydrogen-bond acceptors (Lipinski definition) is 7. The molecule has 0 rings (SSSR count). The molecule has 0 aromatic rings. The molecule has 0 aliphatic heterocycles. The van der Waals surface area contributed by atoms with Gasteiger partial charge in [0.15, 0.2) is 6.10 Å². The monoisotopic (exact) mass is 708 g/mol. The van der Waals surface area contributed by atoms with Gasteiger partial charge >= 0.3 is 11.9 Å². The lowest BCUT2D eigenvalue weighted by molar-refractivity contribution is -0.889.